The monoisotopic (exact) mass is 1490 g/mol. The van der Waals surface area contributed by atoms with Crippen LogP contribution in [0.5, 0.6) is 5.75 Å². The number of piperidine rings is 1. The molecule has 35 heteroatoms. The number of nitriles is 1. The van der Waals surface area contributed by atoms with Gasteiger partial charge in [0, 0.05) is 85.7 Å². The van der Waals surface area contributed by atoms with Gasteiger partial charge in [-0.3, -0.25) is 63.3 Å². The summed E-state index contributed by atoms with van der Waals surface area (Å²) < 4.78 is 44.6. The number of carboxylic acid groups (broad SMARTS) is 1. The predicted octanol–water partition coefficient (Wildman–Crippen LogP) is 5.46. The van der Waals surface area contributed by atoms with Crippen LogP contribution in [0.4, 0.5) is 13.6 Å². The quantitative estimate of drug-likeness (QED) is 0.00859. The molecule has 3 aromatic rings. The molecular formula is C67H93F2N13O17S3. The van der Waals surface area contributed by atoms with Crippen LogP contribution in [0.15, 0.2) is 48.0 Å². The molecule has 1 aromatic carbocycles. The van der Waals surface area contributed by atoms with Gasteiger partial charge in [-0.2, -0.15) is 5.26 Å². The fourth-order valence-electron chi connectivity index (χ4n) is 11.1. The van der Waals surface area contributed by atoms with E-state index in [0.717, 1.165) is 57.2 Å². The maximum absolute atomic E-state index is 15.0. The summed E-state index contributed by atoms with van der Waals surface area (Å²) >= 11 is 1.03. The highest BCUT2D eigenvalue weighted by atomic mass is 33.1. The van der Waals surface area contributed by atoms with Gasteiger partial charge in [-0.15, -0.1) is 11.3 Å². The van der Waals surface area contributed by atoms with Crippen molar-refractivity contribution in [2.24, 2.45) is 17.8 Å². The van der Waals surface area contributed by atoms with Gasteiger partial charge in [0.15, 0.2) is 12.8 Å². The number of aromatic nitrogens is 2. The maximum Gasteiger partial charge on any atom is 0.426 e. The zero-order chi connectivity index (χ0) is 75.4. The normalized spacial score (nSPS) is 17.3. The van der Waals surface area contributed by atoms with E-state index in [1.165, 1.54) is 54.6 Å². The lowest BCUT2D eigenvalue weighted by Gasteiger charge is -2.39. The largest absolute Gasteiger partial charge is 0.508 e. The van der Waals surface area contributed by atoms with E-state index in [1.807, 2.05) is 46.6 Å². The number of ether oxygens (including phenoxy) is 3. The number of hydrogen-bond acceptors (Lipinski definition) is 23. The molecule has 2 fully saturated rings. The van der Waals surface area contributed by atoms with E-state index in [9.17, 15) is 81.8 Å². The van der Waals surface area contributed by atoms with Crippen LogP contribution in [0.1, 0.15) is 169 Å². The number of likely N-dealkylation sites (tertiary alicyclic amines) is 2. The molecule has 30 nitrogen and oxygen atoms in total. The highest BCUT2D eigenvalue weighted by molar-refractivity contribution is 8.76. The van der Waals surface area contributed by atoms with Crippen LogP contribution in [0.3, 0.4) is 0 Å². The van der Waals surface area contributed by atoms with Crippen LogP contribution >= 0.6 is 32.9 Å². The molecule has 9 amide bonds. The number of alkyl halides is 2. The Morgan fingerprint density at radius 2 is 1.60 bits per heavy atom. The number of thiazole rings is 1. The minimum atomic E-state index is -3.24. The number of carbonyl (C=O) groups is 12. The Kier molecular flexibility index (Phi) is 34.0. The topological polar surface area (TPSA) is 416 Å². The first-order chi connectivity index (χ1) is 48.3. The molecule has 560 valence electrons. The summed E-state index contributed by atoms with van der Waals surface area (Å²) in [6.07, 6.45) is 1.24. The van der Waals surface area contributed by atoms with Gasteiger partial charge in [0.2, 0.25) is 35.4 Å². The second-order valence-electron chi connectivity index (χ2n) is 25.5. The molecule has 2 aromatic heterocycles. The molecule has 0 saturated carbocycles. The lowest BCUT2D eigenvalue weighted by Crippen LogP contribution is -2.59. The fourth-order valence-corrected chi connectivity index (χ4v) is 13.9. The summed E-state index contributed by atoms with van der Waals surface area (Å²) in [6, 6.07) is 3.59. The van der Waals surface area contributed by atoms with E-state index >= 15 is 0 Å². The predicted molar refractivity (Wildman–Crippen MR) is 371 cm³/mol. The van der Waals surface area contributed by atoms with Gasteiger partial charge < -0.3 is 60.8 Å². The molecule has 0 bridgehead atoms. The lowest BCUT2D eigenvalue weighted by atomic mass is 9.92. The van der Waals surface area contributed by atoms with E-state index in [1.54, 1.807) is 25.1 Å². The molecule has 0 spiro atoms. The number of phenolic OH excluding ortho intramolecular Hbond substituents is 1. The number of pyridine rings is 1. The highest BCUT2D eigenvalue weighted by Crippen LogP contribution is 2.34. The highest BCUT2D eigenvalue weighted by Gasteiger charge is 2.48. The summed E-state index contributed by atoms with van der Waals surface area (Å²) in [5, 5.41) is 44.0. The average molecular weight is 1490 g/mol. The van der Waals surface area contributed by atoms with E-state index in [0.29, 0.717) is 24.8 Å². The number of hydrogen-bond donors (Lipinski definition) is 9. The number of amides is 9. The van der Waals surface area contributed by atoms with Crippen LogP contribution in [-0.4, -0.2) is 199 Å². The summed E-state index contributed by atoms with van der Waals surface area (Å²) in [7, 11) is 4.03. The number of aromatic hydroxyl groups is 1. The van der Waals surface area contributed by atoms with Crippen molar-refractivity contribution >= 4 is 104 Å². The molecule has 4 heterocycles. The fraction of sp³-hybridized carbons (Fsp3) is 0.597. The summed E-state index contributed by atoms with van der Waals surface area (Å²) in [5.41, 5.74) is 5.33. The molecule has 2 aliphatic heterocycles. The molecule has 2 saturated heterocycles. The van der Waals surface area contributed by atoms with Crippen LogP contribution in [-0.2, 0) is 70.3 Å². The van der Waals surface area contributed by atoms with Crippen molar-refractivity contribution in [3.05, 3.63) is 75.5 Å². The van der Waals surface area contributed by atoms with Crippen molar-refractivity contribution in [1.29, 1.82) is 5.26 Å². The molecule has 10 atom stereocenters. The number of nitrogens with one attached hydrogen (secondary N) is 7. The Hall–Kier alpha value is -8.75. The van der Waals surface area contributed by atoms with Gasteiger partial charge in [0.1, 0.15) is 47.2 Å². The Labute approximate surface area is 602 Å². The van der Waals surface area contributed by atoms with Crippen LogP contribution in [0, 0.1) is 29.1 Å². The molecular weight excluding hydrogens is 1390 g/mol. The van der Waals surface area contributed by atoms with Crippen molar-refractivity contribution in [2.45, 2.75) is 193 Å². The van der Waals surface area contributed by atoms with Crippen LogP contribution in [0.25, 0.3) is 0 Å². The second-order valence-corrected chi connectivity index (χ2v) is 29.0. The summed E-state index contributed by atoms with van der Waals surface area (Å²) in [6.45, 7) is 12.3. The number of likely N-dealkylation sites (N-methyl/N-ethyl adjacent to an activating group) is 1. The number of nitrogens with zero attached hydrogens (tertiary/aromatic N) is 6. The van der Waals surface area contributed by atoms with Gasteiger partial charge >= 0.3 is 24.0 Å². The number of aliphatic carboxylic acids is 1. The van der Waals surface area contributed by atoms with Gasteiger partial charge in [-0.05, 0) is 94.3 Å². The third kappa shape index (κ3) is 27.2. The minimum absolute atomic E-state index is 0.00410. The smallest absolute Gasteiger partial charge is 0.426 e. The van der Waals surface area contributed by atoms with Crippen molar-refractivity contribution < 1.29 is 90.7 Å². The molecule has 102 heavy (non-hydrogen) atoms. The minimum Gasteiger partial charge on any atom is -0.508 e. The van der Waals surface area contributed by atoms with E-state index < -0.39 is 152 Å². The first-order valence-corrected chi connectivity index (χ1v) is 37.0. The number of carboxylic acids is 1. The number of carbonyl (C=O) groups excluding carboxylic acids is 11. The van der Waals surface area contributed by atoms with Crippen molar-refractivity contribution in [1.82, 2.24) is 62.1 Å². The van der Waals surface area contributed by atoms with Gasteiger partial charge in [0.25, 0.3) is 17.7 Å². The number of rotatable bonds is 38. The Morgan fingerprint density at radius 3 is 2.25 bits per heavy atom. The van der Waals surface area contributed by atoms with Gasteiger partial charge in [0.05, 0.1) is 30.9 Å². The number of benzene rings is 1. The third-order valence-electron chi connectivity index (χ3n) is 16.9. The number of esters is 2. The summed E-state index contributed by atoms with van der Waals surface area (Å²) in [4.78, 5) is 171. The zero-order valence-corrected chi connectivity index (χ0v) is 61.0. The van der Waals surface area contributed by atoms with E-state index in [2.05, 4.69) is 47.4 Å². The van der Waals surface area contributed by atoms with Gasteiger partial charge in [-0.25, -0.2) is 28.8 Å². The lowest BCUT2D eigenvalue weighted by molar-refractivity contribution is -0.160. The van der Waals surface area contributed by atoms with Crippen LogP contribution < -0.4 is 37.4 Å². The summed E-state index contributed by atoms with van der Waals surface area (Å²) in [5.74, 6) is -12.4. The zero-order valence-electron chi connectivity index (χ0n) is 58.6. The maximum atomic E-state index is 15.0. The van der Waals surface area contributed by atoms with E-state index in [4.69, 9.17) is 14.2 Å². The second kappa shape index (κ2) is 41.4. The Morgan fingerprint density at radius 1 is 0.882 bits per heavy atom. The van der Waals surface area contributed by atoms with Gasteiger partial charge in [-0.1, -0.05) is 88.1 Å². The van der Waals surface area contributed by atoms with Crippen molar-refractivity contribution in [2.75, 3.05) is 45.0 Å². The third-order valence-corrected chi connectivity index (χ3v) is 20.3. The van der Waals surface area contributed by atoms with Crippen LogP contribution in [0.2, 0.25) is 0 Å². The molecule has 2 unspecified atom stereocenters. The van der Waals surface area contributed by atoms with Crippen molar-refractivity contribution in [3.63, 3.8) is 0 Å². The number of hydrazine groups is 1. The molecule has 0 radical (unpaired) electrons. The molecule has 9 N–H and O–H groups in total. The van der Waals surface area contributed by atoms with Crippen molar-refractivity contribution in [3.8, 4) is 11.8 Å². The standard InChI is InChI=1S/C67H93F2N13O17S3/c1-10-14-56(87)98-37-82(64(93)57(39(5)11-2)77-61(91)51-15-12-13-24-80(51)9)52(38(3)4)30-53(99-42(8)83)62-76-49(34-100-62)60(90)74-45(28-43-16-18-48(84)19-17-43)27-40(6)58(88)78-79-66(96)97-25-26-101-102-35-50(65(94)95)75-55(86)21-20-54(85)72-33-46-29-44(22-23-71-46)59(89)73-41(7)63(92)81-36-67(68,69)31-47(81)32-70/h16-19,22-23,29,34,38-41,45,47,50-53,57,84H,10-15,20-21,24-28,30-31,33,35-37H2,1-9H3,(H,72,85)(H,73,89)(H,74,90)(H,75,86)(H,77,91)(H,78,88)(H,79,96)(H,94,95)/t39?,40-,41+,45+,47-,50?,51+,52+,53+,57-/m0/s1. The number of phenols is 1. The SMILES string of the molecule is CCCC(=O)OCN(C(=O)[C@@H](NC(=O)[C@H]1CCCCN1C)C(C)CC)[C@H](C[C@@H](OC(C)=O)c1nc(C(=O)N[C@@H](Cc2ccc(O)cc2)C[C@H](C)C(=O)NNC(=O)OCCSSCC(NC(=O)CCC(=O)NCc2cc(C(=O)N[C@H](C)C(=O)N3CC(F)(F)C[C@H]3C#N)ccn2)C(=O)O)cs1)C(C)C. The molecule has 5 rings (SSSR count). The average Bonchev–Trinajstić information content (AvgIpc) is 1.56. The first kappa shape index (κ1) is 83.9. The molecule has 0 aliphatic carbocycles. The Bertz CT molecular complexity index is 3440. The number of halogens is 2. The molecule has 2 aliphatic rings. The first-order valence-electron chi connectivity index (χ1n) is 33.6. The van der Waals surface area contributed by atoms with E-state index in [-0.39, 0.29) is 102 Å². The Balaban J connectivity index is 1.10.